The van der Waals surface area contributed by atoms with Gasteiger partial charge in [-0.3, -0.25) is 0 Å². The minimum absolute atomic E-state index is 0.00718. The number of fused-ring (bicyclic) bond motifs is 1. The Bertz CT molecular complexity index is 1790. The second-order valence-electron chi connectivity index (χ2n) is 11.7. The molecule has 0 saturated heterocycles. The van der Waals surface area contributed by atoms with Gasteiger partial charge in [0, 0.05) is 11.6 Å². The first kappa shape index (κ1) is 31.9. The molecule has 1 heterocycles. The van der Waals surface area contributed by atoms with Crippen molar-refractivity contribution < 1.29 is 32.9 Å². The van der Waals surface area contributed by atoms with E-state index < -0.39 is 11.9 Å². The molecule has 0 spiro atoms. The van der Waals surface area contributed by atoms with Gasteiger partial charge in [-0.15, -0.1) is 0 Å². The third-order valence-electron chi connectivity index (χ3n) is 7.41. The molecule has 0 bridgehead atoms. The number of hydrogen-bond donors (Lipinski definition) is 1. The van der Waals surface area contributed by atoms with Gasteiger partial charge in [-0.05, 0) is 71.5 Å². The maximum absolute atomic E-state index is 13.3. The van der Waals surface area contributed by atoms with Gasteiger partial charge in [-0.25, -0.2) is 9.18 Å². The Kier molecular flexibility index (Phi) is 9.47. The highest BCUT2D eigenvalue weighted by Crippen LogP contribution is 2.45. The van der Waals surface area contributed by atoms with Crippen molar-refractivity contribution in [1.82, 2.24) is 0 Å². The van der Waals surface area contributed by atoms with Crippen molar-refractivity contribution in [3.63, 3.8) is 0 Å². The molecule has 0 aliphatic carbocycles. The van der Waals surface area contributed by atoms with Gasteiger partial charge in [0.25, 0.3) is 0 Å². The summed E-state index contributed by atoms with van der Waals surface area (Å²) in [6.07, 6.45) is 0. The van der Waals surface area contributed by atoms with Gasteiger partial charge in [0.15, 0.2) is 18.1 Å². The molecule has 2 N–H and O–H groups in total. The monoisotopic (exact) mass is 622 g/mol. The molecule has 5 rings (SSSR count). The standard InChI is InChI=1S/C37H35FN2O6/c1-5-42-33-18-24(8-17-31(33)44-21-23-6-11-26(38)12-7-23)35-29-16-15-28(19-32(29)46-36(40)30(35)20-39)45-34(41)22-43-27-13-9-25(10-14-27)37(2,3)4/h6-19,35H,5,21-22,40H2,1-4H3. The first-order chi connectivity index (χ1) is 22.0. The summed E-state index contributed by atoms with van der Waals surface area (Å²) in [6, 6.07) is 26.1. The molecule has 8 nitrogen and oxygen atoms in total. The van der Waals surface area contributed by atoms with Crippen LogP contribution < -0.4 is 29.4 Å². The van der Waals surface area contributed by atoms with Gasteiger partial charge >= 0.3 is 5.97 Å². The normalized spacial score (nSPS) is 14.0. The summed E-state index contributed by atoms with van der Waals surface area (Å²) in [5.41, 5.74) is 9.77. The molecule has 9 heteroatoms. The lowest BCUT2D eigenvalue weighted by atomic mass is 9.83. The topological polar surface area (TPSA) is 113 Å². The maximum Gasteiger partial charge on any atom is 0.349 e. The van der Waals surface area contributed by atoms with E-state index in [1.165, 1.54) is 12.1 Å². The largest absolute Gasteiger partial charge is 0.490 e. The number of allylic oxidation sites excluding steroid dienone is 1. The zero-order valence-electron chi connectivity index (χ0n) is 26.1. The molecule has 1 aliphatic heterocycles. The number of nitriles is 1. The molecule has 1 unspecified atom stereocenters. The minimum Gasteiger partial charge on any atom is -0.490 e. The molecule has 46 heavy (non-hydrogen) atoms. The van der Waals surface area contributed by atoms with Crippen molar-refractivity contribution in [3.05, 3.63) is 124 Å². The van der Waals surface area contributed by atoms with Gasteiger partial charge in [0.1, 0.15) is 41.3 Å². The minimum atomic E-state index is -0.592. The SMILES string of the molecule is CCOc1cc(C2C(C#N)=C(N)Oc3cc(OC(=O)COc4ccc(C(C)(C)C)cc4)ccc32)ccc1OCc1ccc(F)cc1. The van der Waals surface area contributed by atoms with Gasteiger partial charge < -0.3 is 29.4 Å². The first-order valence-corrected chi connectivity index (χ1v) is 14.8. The molecule has 0 radical (unpaired) electrons. The molecule has 236 valence electrons. The Hall–Kier alpha value is -5.49. The number of rotatable bonds is 10. The van der Waals surface area contributed by atoms with Crippen LogP contribution in [-0.2, 0) is 16.8 Å². The zero-order valence-corrected chi connectivity index (χ0v) is 26.1. The number of ether oxygens (including phenoxy) is 5. The number of hydrogen-bond acceptors (Lipinski definition) is 8. The molecule has 1 aliphatic rings. The Morgan fingerprint density at radius 1 is 0.913 bits per heavy atom. The van der Waals surface area contributed by atoms with E-state index in [4.69, 9.17) is 29.4 Å². The van der Waals surface area contributed by atoms with Crippen LogP contribution in [0, 0.1) is 17.1 Å². The smallest absolute Gasteiger partial charge is 0.349 e. The number of carbonyl (C=O) groups is 1. The van der Waals surface area contributed by atoms with E-state index in [1.54, 1.807) is 42.5 Å². The molecule has 0 saturated carbocycles. The van der Waals surface area contributed by atoms with Crippen molar-refractivity contribution in [3.8, 4) is 34.8 Å². The predicted octanol–water partition coefficient (Wildman–Crippen LogP) is 7.30. The summed E-state index contributed by atoms with van der Waals surface area (Å²) in [4.78, 5) is 12.6. The highest BCUT2D eigenvalue weighted by molar-refractivity contribution is 5.74. The van der Waals surface area contributed by atoms with E-state index in [-0.39, 0.29) is 41.7 Å². The van der Waals surface area contributed by atoms with Crippen molar-refractivity contribution >= 4 is 5.97 Å². The molecule has 1 atom stereocenters. The summed E-state index contributed by atoms with van der Waals surface area (Å²) in [5.74, 6) is 0.563. The average molecular weight is 623 g/mol. The van der Waals surface area contributed by atoms with E-state index in [2.05, 4.69) is 26.8 Å². The van der Waals surface area contributed by atoms with Crippen LogP contribution in [0.3, 0.4) is 0 Å². The van der Waals surface area contributed by atoms with Crippen LogP contribution in [0.5, 0.6) is 28.7 Å². The fourth-order valence-electron chi connectivity index (χ4n) is 5.03. The first-order valence-electron chi connectivity index (χ1n) is 14.8. The lowest BCUT2D eigenvalue weighted by Gasteiger charge is -2.27. The number of halogens is 1. The summed E-state index contributed by atoms with van der Waals surface area (Å²) in [5, 5.41) is 10.0. The van der Waals surface area contributed by atoms with Crippen molar-refractivity contribution in [2.75, 3.05) is 13.2 Å². The predicted molar refractivity (Wildman–Crippen MR) is 170 cm³/mol. The Balaban J connectivity index is 1.33. The molecule has 4 aromatic carbocycles. The number of nitrogens with two attached hydrogens (primary N) is 1. The Labute approximate surface area is 267 Å². The van der Waals surface area contributed by atoms with Gasteiger partial charge in [-0.1, -0.05) is 57.2 Å². The number of nitrogens with zero attached hydrogens (tertiary/aromatic N) is 1. The molecule has 0 aromatic heterocycles. The number of esters is 1. The van der Waals surface area contributed by atoms with Crippen LogP contribution in [0.15, 0.2) is 96.4 Å². The van der Waals surface area contributed by atoms with Crippen molar-refractivity contribution in [2.24, 2.45) is 5.73 Å². The average Bonchev–Trinajstić information content (AvgIpc) is 3.03. The van der Waals surface area contributed by atoms with Crippen LogP contribution in [0.2, 0.25) is 0 Å². The van der Waals surface area contributed by atoms with Crippen LogP contribution in [0.4, 0.5) is 4.39 Å². The summed E-state index contributed by atoms with van der Waals surface area (Å²) in [6.45, 7) is 8.53. The molecular weight excluding hydrogens is 587 g/mol. The number of benzene rings is 4. The fraction of sp³-hybridized carbons (Fsp3) is 0.243. The lowest BCUT2D eigenvalue weighted by molar-refractivity contribution is -0.136. The molecule has 4 aromatic rings. The van der Waals surface area contributed by atoms with Crippen LogP contribution in [0.25, 0.3) is 0 Å². The van der Waals surface area contributed by atoms with E-state index >= 15 is 0 Å². The fourth-order valence-corrected chi connectivity index (χ4v) is 5.03. The van der Waals surface area contributed by atoms with Gasteiger partial charge in [0.2, 0.25) is 5.88 Å². The quantitative estimate of drug-likeness (QED) is 0.145. The third kappa shape index (κ3) is 7.41. The molecular formula is C37H35FN2O6. The third-order valence-corrected chi connectivity index (χ3v) is 7.41. The van der Waals surface area contributed by atoms with Crippen molar-refractivity contribution in [1.29, 1.82) is 5.26 Å². The van der Waals surface area contributed by atoms with Gasteiger partial charge in [-0.2, -0.15) is 5.26 Å². The van der Waals surface area contributed by atoms with E-state index in [1.807, 2.05) is 37.3 Å². The summed E-state index contributed by atoms with van der Waals surface area (Å²) < 4.78 is 42.1. The number of carbonyl (C=O) groups excluding carboxylic acids is 1. The Morgan fingerprint density at radius 3 is 2.30 bits per heavy atom. The second kappa shape index (κ2) is 13.7. The Morgan fingerprint density at radius 2 is 1.63 bits per heavy atom. The summed E-state index contributed by atoms with van der Waals surface area (Å²) in [7, 11) is 0. The summed E-state index contributed by atoms with van der Waals surface area (Å²) >= 11 is 0. The highest BCUT2D eigenvalue weighted by atomic mass is 19.1. The highest BCUT2D eigenvalue weighted by Gasteiger charge is 2.32. The van der Waals surface area contributed by atoms with Crippen LogP contribution >= 0.6 is 0 Å². The second-order valence-corrected chi connectivity index (χ2v) is 11.7. The van der Waals surface area contributed by atoms with E-state index in [9.17, 15) is 14.4 Å². The van der Waals surface area contributed by atoms with Crippen molar-refractivity contribution in [2.45, 2.75) is 45.6 Å². The van der Waals surface area contributed by atoms with E-state index in [0.29, 0.717) is 35.2 Å². The molecule has 0 amide bonds. The van der Waals surface area contributed by atoms with E-state index in [0.717, 1.165) is 16.7 Å². The zero-order chi connectivity index (χ0) is 32.8. The lowest BCUT2D eigenvalue weighted by Crippen LogP contribution is -2.22. The molecule has 0 fully saturated rings. The maximum atomic E-state index is 13.3. The van der Waals surface area contributed by atoms with Gasteiger partial charge in [0.05, 0.1) is 12.5 Å². The van der Waals surface area contributed by atoms with Crippen LogP contribution in [0.1, 0.15) is 55.9 Å². The van der Waals surface area contributed by atoms with Crippen LogP contribution in [-0.4, -0.2) is 19.2 Å².